The number of alkyl halides is 6. The van der Waals surface area contributed by atoms with Crippen molar-refractivity contribution in [1.29, 1.82) is 0 Å². The predicted molar refractivity (Wildman–Crippen MR) is 128 cm³/mol. The van der Waals surface area contributed by atoms with E-state index in [1.54, 1.807) is 49.4 Å². The van der Waals surface area contributed by atoms with Gasteiger partial charge in [0.1, 0.15) is 5.69 Å². The Morgan fingerprint density at radius 1 is 0.895 bits per heavy atom. The first kappa shape index (κ1) is 28.7. The van der Waals surface area contributed by atoms with E-state index in [-0.39, 0.29) is 37.7 Å². The van der Waals surface area contributed by atoms with E-state index in [2.05, 4.69) is 10.3 Å². The molecule has 0 radical (unpaired) electrons. The number of likely N-dealkylation sites (N-methyl/N-ethyl adjacent to an activating group) is 1. The van der Waals surface area contributed by atoms with Gasteiger partial charge in [-0.3, -0.25) is 14.6 Å². The van der Waals surface area contributed by atoms with Crippen LogP contribution in [0.4, 0.5) is 26.3 Å². The molecule has 0 bridgehead atoms. The summed E-state index contributed by atoms with van der Waals surface area (Å²) < 4.78 is 80.2. The highest BCUT2D eigenvalue weighted by atomic mass is 19.4. The van der Waals surface area contributed by atoms with Crippen LogP contribution in [0.5, 0.6) is 0 Å². The summed E-state index contributed by atoms with van der Waals surface area (Å²) in [5.41, 5.74) is -2.86. The van der Waals surface area contributed by atoms with Gasteiger partial charge < -0.3 is 10.2 Å². The van der Waals surface area contributed by atoms with Crippen LogP contribution in [0, 0.1) is 0 Å². The van der Waals surface area contributed by atoms with Gasteiger partial charge in [-0.1, -0.05) is 36.4 Å². The third kappa shape index (κ3) is 7.56. The Bertz CT molecular complexity index is 1200. The number of benzene rings is 2. The Kier molecular flexibility index (Phi) is 9.13. The number of rotatable bonds is 9. The molecular formula is C27H25F6N3O2. The van der Waals surface area contributed by atoms with Crippen LogP contribution in [0.15, 0.2) is 72.9 Å². The van der Waals surface area contributed by atoms with Crippen molar-refractivity contribution in [3.05, 3.63) is 101 Å². The van der Waals surface area contributed by atoms with Crippen LogP contribution >= 0.6 is 0 Å². The van der Waals surface area contributed by atoms with Gasteiger partial charge in [0.25, 0.3) is 11.8 Å². The SMILES string of the molecule is CCN(C(=O)c1cc(C(F)(F)F)cc(C(F)(F)F)c1)[C@H](CCNC(=O)c1ccccn1)Cc1ccccc1. The molecule has 3 rings (SSSR count). The van der Waals surface area contributed by atoms with Gasteiger partial charge in [-0.05, 0) is 55.7 Å². The molecule has 2 amide bonds. The minimum absolute atomic E-state index is 0.0122. The van der Waals surface area contributed by atoms with Crippen LogP contribution in [-0.2, 0) is 18.8 Å². The minimum Gasteiger partial charge on any atom is -0.351 e. The molecule has 202 valence electrons. The van der Waals surface area contributed by atoms with Crippen LogP contribution in [-0.4, -0.2) is 40.8 Å². The molecule has 0 spiro atoms. The van der Waals surface area contributed by atoms with Crippen molar-refractivity contribution in [1.82, 2.24) is 15.2 Å². The normalized spacial score (nSPS) is 12.6. The Morgan fingerprint density at radius 2 is 1.50 bits per heavy atom. The summed E-state index contributed by atoms with van der Waals surface area (Å²) in [5.74, 6) is -1.42. The molecule has 1 atom stereocenters. The van der Waals surface area contributed by atoms with Gasteiger partial charge in [0.05, 0.1) is 11.1 Å². The molecule has 0 aliphatic rings. The fourth-order valence-corrected chi connectivity index (χ4v) is 4.01. The number of amides is 2. The lowest BCUT2D eigenvalue weighted by Gasteiger charge is -2.32. The van der Waals surface area contributed by atoms with Crippen molar-refractivity contribution < 1.29 is 35.9 Å². The van der Waals surface area contributed by atoms with Crippen molar-refractivity contribution in [2.75, 3.05) is 13.1 Å². The number of pyridine rings is 1. The summed E-state index contributed by atoms with van der Waals surface area (Å²) in [6.07, 6.45) is -8.24. The van der Waals surface area contributed by atoms with Gasteiger partial charge >= 0.3 is 12.4 Å². The van der Waals surface area contributed by atoms with Crippen molar-refractivity contribution in [2.45, 2.75) is 38.2 Å². The first-order valence-corrected chi connectivity index (χ1v) is 11.7. The van der Waals surface area contributed by atoms with Crippen molar-refractivity contribution in [3.63, 3.8) is 0 Å². The Morgan fingerprint density at radius 3 is 2.03 bits per heavy atom. The largest absolute Gasteiger partial charge is 0.416 e. The highest BCUT2D eigenvalue weighted by Crippen LogP contribution is 2.36. The summed E-state index contributed by atoms with van der Waals surface area (Å²) in [4.78, 5) is 30.9. The molecule has 1 heterocycles. The monoisotopic (exact) mass is 537 g/mol. The maximum absolute atomic E-state index is 13.4. The second-order valence-electron chi connectivity index (χ2n) is 8.49. The lowest BCUT2D eigenvalue weighted by Crippen LogP contribution is -2.43. The molecule has 1 N–H and O–H groups in total. The molecule has 0 aliphatic carbocycles. The third-order valence-corrected chi connectivity index (χ3v) is 5.85. The zero-order valence-corrected chi connectivity index (χ0v) is 20.3. The zero-order valence-electron chi connectivity index (χ0n) is 20.3. The van der Waals surface area contributed by atoms with E-state index in [9.17, 15) is 35.9 Å². The molecule has 3 aromatic rings. The first-order valence-electron chi connectivity index (χ1n) is 11.7. The topological polar surface area (TPSA) is 62.3 Å². The van der Waals surface area contributed by atoms with E-state index in [0.717, 1.165) is 5.56 Å². The van der Waals surface area contributed by atoms with Crippen LogP contribution in [0.1, 0.15) is 50.9 Å². The number of halogens is 6. The standard InChI is InChI=1S/C27H25F6N3O2/c1-2-36(25(38)19-15-20(26(28,29)30)17-21(16-19)27(31,32)33)22(14-18-8-4-3-5-9-18)11-13-35-24(37)23-10-6-7-12-34-23/h3-10,12,15-17,22H,2,11,13-14H2,1H3,(H,35,37)/t22-/m1/s1. The highest BCUT2D eigenvalue weighted by Gasteiger charge is 2.38. The quantitative estimate of drug-likeness (QED) is 0.340. The number of aromatic nitrogens is 1. The fraction of sp³-hybridized carbons (Fsp3) is 0.296. The molecule has 1 aromatic heterocycles. The number of carbonyl (C=O) groups excluding carboxylic acids is 2. The second-order valence-corrected chi connectivity index (χ2v) is 8.49. The molecule has 0 aliphatic heterocycles. The third-order valence-electron chi connectivity index (χ3n) is 5.85. The van der Waals surface area contributed by atoms with Gasteiger partial charge in [-0.25, -0.2) is 0 Å². The van der Waals surface area contributed by atoms with E-state index < -0.39 is 46.9 Å². The van der Waals surface area contributed by atoms with Crippen LogP contribution in [0.3, 0.4) is 0 Å². The molecule has 0 saturated carbocycles. The van der Waals surface area contributed by atoms with Crippen molar-refractivity contribution in [2.24, 2.45) is 0 Å². The van der Waals surface area contributed by atoms with Gasteiger partial charge in [0, 0.05) is 30.9 Å². The first-order chi connectivity index (χ1) is 17.9. The van der Waals surface area contributed by atoms with E-state index in [4.69, 9.17) is 0 Å². The summed E-state index contributed by atoms with van der Waals surface area (Å²) in [5, 5.41) is 2.69. The number of carbonyl (C=O) groups is 2. The molecule has 38 heavy (non-hydrogen) atoms. The molecule has 11 heteroatoms. The number of nitrogens with zero attached hydrogens (tertiary/aromatic N) is 2. The molecular weight excluding hydrogens is 512 g/mol. The Labute approximate surface area is 215 Å². The number of hydrogen-bond donors (Lipinski definition) is 1. The van der Waals surface area contributed by atoms with Gasteiger partial charge in [-0.2, -0.15) is 26.3 Å². The van der Waals surface area contributed by atoms with Gasteiger partial charge in [0.2, 0.25) is 0 Å². The van der Waals surface area contributed by atoms with Crippen molar-refractivity contribution >= 4 is 11.8 Å². The maximum atomic E-state index is 13.4. The zero-order chi connectivity index (χ0) is 27.9. The maximum Gasteiger partial charge on any atom is 0.416 e. The summed E-state index contributed by atoms with van der Waals surface area (Å²) >= 11 is 0. The fourth-order valence-electron chi connectivity index (χ4n) is 4.01. The van der Waals surface area contributed by atoms with Crippen molar-refractivity contribution in [3.8, 4) is 0 Å². The van der Waals surface area contributed by atoms with Crippen LogP contribution < -0.4 is 5.32 Å². The molecule has 0 saturated heterocycles. The van der Waals surface area contributed by atoms with Crippen LogP contribution in [0.2, 0.25) is 0 Å². The minimum atomic E-state index is -5.08. The lowest BCUT2D eigenvalue weighted by atomic mass is 9.99. The lowest BCUT2D eigenvalue weighted by molar-refractivity contribution is -0.143. The average Bonchev–Trinajstić information content (AvgIpc) is 2.88. The molecule has 0 fully saturated rings. The predicted octanol–water partition coefficient (Wildman–Crippen LogP) is 6.01. The molecule has 5 nitrogen and oxygen atoms in total. The van der Waals surface area contributed by atoms with Gasteiger partial charge in [-0.15, -0.1) is 0 Å². The Balaban J connectivity index is 1.90. The smallest absolute Gasteiger partial charge is 0.351 e. The van der Waals surface area contributed by atoms with E-state index in [1.165, 1.54) is 17.2 Å². The second kappa shape index (κ2) is 12.1. The van der Waals surface area contributed by atoms with E-state index >= 15 is 0 Å². The number of hydrogen-bond acceptors (Lipinski definition) is 3. The molecule has 0 unspecified atom stereocenters. The van der Waals surface area contributed by atoms with Gasteiger partial charge in [0.15, 0.2) is 0 Å². The van der Waals surface area contributed by atoms with E-state index in [0.29, 0.717) is 12.1 Å². The van der Waals surface area contributed by atoms with E-state index in [1.807, 2.05) is 0 Å². The number of nitrogens with one attached hydrogen (secondary N) is 1. The molecule has 2 aromatic carbocycles. The average molecular weight is 538 g/mol. The van der Waals surface area contributed by atoms with Crippen LogP contribution in [0.25, 0.3) is 0 Å². The highest BCUT2D eigenvalue weighted by molar-refractivity contribution is 5.95. The summed E-state index contributed by atoms with van der Waals surface area (Å²) in [6, 6.07) is 14.0. The summed E-state index contributed by atoms with van der Waals surface area (Å²) in [7, 11) is 0. The Hall–Kier alpha value is -3.89. The summed E-state index contributed by atoms with van der Waals surface area (Å²) in [6.45, 7) is 1.69.